The van der Waals surface area contributed by atoms with Crippen molar-refractivity contribution >= 4 is 35.8 Å². The molecule has 1 heterocycles. The van der Waals surface area contributed by atoms with Crippen molar-refractivity contribution in [3.63, 3.8) is 0 Å². The van der Waals surface area contributed by atoms with Gasteiger partial charge in [0.15, 0.2) is 5.96 Å². The van der Waals surface area contributed by atoms with Gasteiger partial charge in [0.2, 0.25) is 5.91 Å². The van der Waals surface area contributed by atoms with Gasteiger partial charge in [-0.15, -0.1) is 24.0 Å². The van der Waals surface area contributed by atoms with Gasteiger partial charge >= 0.3 is 0 Å². The Balaban J connectivity index is 0.00000484. The van der Waals surface area contributed by atoms with Crippen molar-refractivity contribution in [1.82, 2.24) is 15.5 Å². The van der Waals surface area contributed by atoms with Gasteiger partial charge in [-0.1, -0.05) is 20.8 Å². The van der Waals surface area contributed by atoms with Gasteiger partial charge in [-0.2, -0.15) is 0 Å². The highest BCUT2D eigenvalue weighted by atomic mass is 127. The second kappa shape index (κ2) is 11.1. The van der Waals surface area contributed by atoms with E-state index in [9.17, 15) is 4.79 Å². The summed E-state index contributed by atoms with van der Waals surface area (Å²) in [4.78, 5) is 18.6. The quantitative estimate of drug-likeness (QED) is 0.394. The highest BCUT2D eigenvalue weighted by Crippen LogP contribution is 2.21. The third kappa shape index (κ3) is 9.37. The summed E-state index contributed by atoms with van der Waals surface area (Å²) < 4.78 is 0. The van der Waals surface area contributed by atoms with Gasteiger partial charge in [-0.3, -0.25) is 9.79 Å². The monoisotopic (exact) mass is 438 g/mol. The van der Waals surface area contributed by atoms with E-state index in [1.54, 1.807) is 7.05 Å². The Bertz CT molecular complexity index is 371. The van der Waals surface area contributed by atoms with Gasteiger partial charge in [0, 0.05) is 39.6 Å². The Hall–Kier alpha value is -0.530. The Morgan fingerprint density at radius 3 is 2.35 bits per heavy atom. The van der Waals surface area contributed by atoms with E-state index < -0.39 is 0 Å². The lowest BCUT2D eigenvalue weighted by Gasteiger charge is -2.34. The molecule has 0 aromatic rings. The minimum Gasteiger partial charge on any atom is -0.359 e. The van der Waals surface area contributed by atoms with Crippen LogP contribution in [0.3, 0.4) is 0 Å². The van der Waals surface area contributed by atoms with E-state index in [1.165, 1.54) is 0 Å². The predicted molar refractivity (Wildman–Crippen MR) is 108 cm³/mol. The van der Waals surface area contributed by atoms with Crippen LogP contribution in [0.25, 0.3) is 0 Å². The summed E-state index contributed by atoms with van der Waals surface area (Å²) >= 11 is 0. The molecule has 1 amide bonds. The molecule has 2 N–H and O–H groups in total. The molecule has 0 aromatic carbocycles. The number of likely N-dealkylation sites (tertiary alicyclic amines) is 1. The first kappa shape index (κ1) is 22.5. The van der Waals surface area contributed by atoms with E-state index in [4.69, 9.17) is 4.99 Å². The van der Waals surface area contributed by atoms with Crippen molar-refractivity contribution in [3.8, 4) is 0 Å². The SMILES string of the molecule is CCNC(=NCCC(C)(C)C)N1CCC(CC(=O)NC)CC1.I. The number of carbonyl (C=O) groups excluding carboxylic acids is 1. The zero-order valence-corrected chi connectivity index (χ0v) is 17.8. The lowest BCUT2D eigenvalue weighted by atomic mass is 9.92. The fourth-order valence-electron chi connectivity index (χ4n) is 2.64. The van der Waals surface area contributed by atoms with E-state index in [1.807, 2.05) is 0 Å². The molecule has 0 spiro atoms. The number of piperidine rings is 1. The molecule has 0 unspecified atom stereocenters. The first-order chi connectivity index (χ1) is 10.4. The lowest BCUT2D eigenvalue weighted by Crippen LogP contribution is -2.46. The standard InChI is InChI=1S/C17H34N4O.HI/c1-6-19-16(20-10-9-17(2,3)4)21-11-7-14(8-12-21)13-15(22)18-5;/h14H,6-13H2,1-5H3,(H,18,22)(H,19,20);1H. The third-order valence-corrected chi connectivity index (χ3v) is 4.13. The number of halogens is 1. The first-order valence-electron chi connectivity index (χ1n) is 8.59. The normalized spacial score (nSPS) is 16.7. The summed E-state index contributed by atoms with van der Waals surface area (Å²) in [6.07, 6.45) is 3.88. The molecular formula is C17H35IN4O. The maximum Gasteiger partial charge on any atom is 0.220 e. The van der Waals surface area contributed by atoms with Gasteiger partial charge in [0.1, 0.15) is 0 Å². The van der Waals surface area contributed by atoms with Gasteiger partial charge in [0.25, 0.3) is 0 Å². The summed E-state index contributed by atoms with van der Waals surface area (Å²) in [6.45, 7) is 12.6. The van der Waals surface area contributed by atoms with E-state index in [-0.39, 0.29) is 29.9 Å². The number of nitrogens with zero attached hydrogens (tertiary/aromatic N) is 2. The van der Waals surface area contributed by atoms with Crippen LogP contribution in [0.4, 0.5) is 0 Å². The van der Waals surface area contributed by atoms with Crippen LogP contribution < -0.4 is 10.6 Å². The number of carbonyl (C=O) groups is 1. The number of nitrogens with one attached hydrogen (secondary N) is 2. The van der Waals surface area contributed by atoms with Crippen molar-refractivity contribution in [1.29, 1.82) is 0 Å². The zero-order valence-electron chi connectivity index (χ0n) is 15.4. The molecule has 0 bridgehead atoms. The highest BCUT2D eigenvalue weighted by molar-refractivity contribution is 14.0. The lowest BCUT2D eigenvalue weighted by molar-refractivity contribution is -0.121. The Kier molecular flexibility index (Phi) is 10.8. The Morgan fingerprint density at radius 1 is 1.26 bits per heavy atom. The summed E-state index contributed by atoms with van der Waals surface area (Å²) in [5.41, 5.74) is 0.321. The molecule has 0 aliphatic carbocycles. The summed E-state index contributed by atoms with van der Waals surface area (Å²) in [5.74, 6) is 1.70. The number of hydrogen-bond donors (Lipinski definition) is 2. The number of aliphatic imine (C=N–C) groups is 1. The topological polar surface area (TPSA) is 56.7 Å². The average molecular weight is 438 g/mol. The van der Waals surface area contributed by atoms with Gasteiger partial charge < -0.3 is 15.5 Å². The molecule has 5 nitrogen and oxygen atoms in total. The Labute approximate surface area is 159 Å². The second-order valence-electron chi connectivity index (χ2n) is 7.35. The fourth-order valence-corrected chi connectivity index (χ4v) is 2.64. The molecule has 1 aliphatic rings. The number of guanidine groups is 1. The van der Waals surface area contributed by atoms with Crippen LogP contribution in [-0.2, 0) is 4.79 Å². The molecule has 136 valence electrons. The molecule has 0 saturated carbocycles. The highest BCUT2D eigenvalue weighted by Gasteiger charge is 2.23. The summed E-state index contributed by atoms with van der Waals surface area (Å²) in [5, 5.41) is 6.12. The number of amides is 1. The predicted octanol–water partition coefficient (Wildman–Crippen LogP) is 2.85. The second-order valence-corrected chi connectivity index (χ2v) is 7.35. The van der Waals surface area contributed by atoms with Gasteiger partial charge in [-0.05, 0) is 37.5 Å². The smallest absolute Gasteiger partial charge is 0.220 e. The number of rotatable bonds is 5. The van der Waals surface area contributed by atoms with E-state index >= 15 is 0 Å². The minimum absolute atomic E-state index is 0. The van der Waals surface area contributed by atoms with Crippen LogP contribution in [0.15, 0.2) is 4.99 Å². The van der Waals surface area contributed by atoms with Crippen molar-refractivity contribution in [3.05, 3.63) is 0 Å². The van der Waals surface area contributed by atoms with Crippen LogP contribution in [0.1, 0.15) is 53.4 Å². The third-order valence-electron chi connectivity index (χ3n) is 4.13. The Morgan fingerprint density at radius 2 is 1.87 bits per heavy atom. The van der Waals surface area contributed by atoms with E-state index in [0.29, 0.717) is 17.8 Å². The zero-order chi connectivity index (χ0) is 16.6. The largest absolute Gasteiger partial charge is 0.359 e. The van der Waals surface area contributed by atoms with Crippen molar-refractivity contribution in [2.75, 3.05) is 33.2 Å². The van der Waals surface area contributed by atoms with Crippen molar-refractivity contribution < 1.29 is 4.79 Å². The maximum atomic E-state index is 11.5. The van der Waals surface area contributed by atoms with E-state index in [0.717, 1.165) is 51.4 Å². The number of hydrogen-bond acceptors (Lipinski definition) is 2. The molecule has 1 fully saturated rings. The van der Waals surface area contributed by atoms with Crippen molar-refractivity contribution in [2.24, 2.45) is 16.3 Å². The average Bonchev–Trinajstić information content (AvgIpc) is 2.46. The molecule has 0 aromatic heterocycles. The van der Waals surface area contributed by atoms with Crippen LogP contribution in [0.5, 0.6) is 0 Å². The minimum atomic E-state index is 0. The molecular weight excluding hydrogens is 403 g/mol. The molecule has 0 radical (unpaired) electrons. The van der Waals surface area contributed by atoms with Crippen LogP contribution in [-0.4, -0.2) is 50.0 Å². The first-order valence-corrected chi connectivity index (χ1v) is 8.59. The summed E-state index contributed by atoms with van der Waals surface area (Å²) in [7, 11) is 1.71. The molecule has 23 heavy (non-hydrogen) atoms. The molecule has 1 saturated heterocycles. The molecule has 1 rings (SSSR count). The van der Waals surface area contributed by atoms with E-state index in [2.05, 4.69) is 43.2 Å². The summed E-state index contributed by atoms with van der Waals surface area (Å²) in [6, 6.07) is 0. The van der Waals surface area contributed by atoms with Crippen LogP contribution in [0, 0.1) is 11.3 Å². The van der Waals surface area contributed by atoms with Crippen LogP contribution >= 0.6 is 24.0 Å². The fraction of sp³-hybridized carbons (Fsp3) is 0.882. The molecule has 1 aliphatic heterocycles. The molecule has 0 atom stereocenters. The van der Waals surface area contributed by atoms with Crippen molar-refractivity contribution in [2.45, 2.75) is 53.4 Å². The molecule has 6 heteroatoms. The van der Waals surface area contributed by atoms with Crippen LogP contribution in [0.2, 0.25) is 0 Å². The van der Waals surface area contributed by atoms with Gasteiger partial charge in [0.05, 0.1) is 0 Å². The van der Waals surface area contributed by atoms with Gasteiger partial charge in [-0.25, -0.2) is 0 Å². The maximum absolute atomic E-state index is 11.5.